The van der Waals surface area contributed by atoms with E-state index in [0.717, 1.165) is 17.1 Å². The lowest BCUT2D eigenvalue weighted by Crippen LogP contribution is -2.16. The number of halogens is 3. The summed E-state index contributed by atoms with van der Waals surface area (Å²) in [6, 6.07) is 8.34. The molecule has 2 N–H and O–H groups in total. The normalized spacial score (nSPS) is 12.0. The lowest BCUT2D eigenvalue weighted by molar-refractivity contribution is -0.137. The highest BCUT2D eigenvalue weighted by Crippen LogP contribution is 2.30. The maximum atomic E-state index is 12.7. The predicted octanol–water partition coefficient (Wildman–Crippen LogP) is 3.08. The molecule has 0 atom stereocenters. The molecule has 0 amide bonds. The number of rotatable bonds is 3. The van der Waals surface area contributed by atoms with Crippen LogP contribution in [0.25, 0.3) is 16.7 Å². The maximum absolute atomic E-state index is 12.7. The minimum Gasteiger partial charge on any atom is -0.397 e. The smallest absolute Gasteiger partial charge is 0.397 e. The van der Waals surface area contributed by atoms with Gasteiger partial charge in [-0.15, -0.1) is 0 Å². The number of pyridine rings is 1. The molecule has 144 valence electrons. The van der Waals surface area contributed by atoms with Gasteiger partial charge in [-0.25, -0.2) is 18.4 Å². The first-order chi connectivity index (χ1) is 13.3. The van der Waals surface area contributed by atoms with Crippen LogP contribution in [-0.4, -0.2) is 23.5 Å². The van der Waals surface area contributed by atoms with E-state index in [1.807, 2.05) is 0 Å². The maximum Gasteiger partial charge on any atom is 0.419 e. The first-order valence-corrected chi connectivity index (χ1v) is 8.76. The van der Waals surface area contributed by atoms with E-state index in [2.05, 4.69) is 10.1 Å². The largest absolute Gasteiger partial charge is 0.419 e. The van der Waals surface area contributed by atoms with E-state index >= 15 is 0 Å². The zero-order chi connectivity index (χ0) is 20.1. The van der Waals surface area contributed by atoms with Crippen molar-refractivity contribution in [3.63, 3.8) is 0 Å². The molecule has 1 aromatic carbocycles. The molecule has 0 aliphatic carbocycles. The zero-order valence-electron chi connectivity index (χ0n) is 14.4. The van der Waals surface area contributed by atoms with Gasteiger partial charge in [0, 0.05) is 36.3 Å². The van der Waals surface area contributed by atoms with Crippen molar-refractivity contribution in [1.82, 2.24) is 23.5 Å². The average Bonchev–Trinajstić information content (AvgIpc) is 3.24. The Kier molecular flexibility index (Phi) is 4.18. The van der Waals surface area contributed by atoms with Gasteiger partial charge < -0.3 is 5.73 Å². The van der Waals surface area contributed by atoms with Crippen LogP contribution in [-0.2, 0) is 13.2 Å². The third-order valence-electron chi connectivity index (χ3n) is 4.11. The van der Waals surface area contributed by atoms with Crippen molar-refractivity contribution in [1.29, 1.82) is 0 Å². The summed E-state index contributed by atoms with van der Waals surface area (Å²) in [5, 5.41) is 4.19. The van der Waals surface area contributed by atoms with Crippen LogP contribution in [0.2, 0.25) is 0 Å². The molecular weight excluding hydrogens is 393 g/mol. The Labute approximate surface area is 160 Å². The fourth-order valence-electron chi connectivity index (χ4n) is 2.72. The molecule has 7 nitrogen and oxygen atoms in total. The first kappa shape index (κ1) is 18.2. The topological polar surface area (TPSA) is 83.7 Å². The molecule has 0 aliphatic heterocycles. The highest BCUT2D eigenvalue weighted by Gasteiger charge is 2.32. The molecule has 0 saturated heterocycles. The van der Waals surface area contributed by atoms with Crippen molar-refractivity contribution in [3.8, 4) is 5.82 Å². The third-order valence-corrected chi connectivity index (χ3v) is 5.17. The average molecular weight is 406 g/mol. The van der Waals surface area contributed by atoms with Gasteiger partial charge in [-0.1, -0.05) is 6.07 Å². The van der Waals surface area contributed by atoms with E-state index in [-0.39, 0.29) is 11.4 Å². The van der Waals surface area contributed by atoms with Gasteiger partial charge in [0.15, 0.2) is 5.82 Å². The van der Waals surface area contributed by atoms with Gasteiger partial charge in [-0.2, -0.15) is 18.3 Å². The SMILES string of the molecule is Cn1c(=O)c2cccc(N)c2n1Sc1ccc(-n2cc(C(F)(F)F)cn2)nc1. The van der Waals surface area contributed by atoms with Crippen LogP contribution < -0.4 is 11.3 Å². The lowest BCUT2D eigenvalue weighted by Gasteiger charge is -2.09. The van der Waals surface area contributed by atoms with E-state index in [0.29, 0.717) is 21.5 Å². The van der Waals surface area contributed by atoms with Gasteiger partial charge in [0.05, 0.1) is 22.8 Å². The van der Waals surface area contributed by atoms with Gasteiger partial charge in [-0.3, -0.25) is 4.79 Å². The Morgan fingerprint density at radius 2 is 1.93 bits per heavy atom. The number of nitrogens with two attached hydrogens (primary N) is 1. The first-order valence-electron chi connectivity index (χ1n) is 7.98. The molecule has 0 unspecified atom stereocenters. The number of alkyl halides is 3. The van der Waals surface area contributed by atoms with Gasteiger partial charge in [0.2, 0.25) is 0 Å². The van der Waals surface area contributed by atoms with E-state index in [1.54, 1.807) is 41.5 Å². The Hall–Kier alpha value is -3.21. The zero-order valence-corrected chi connectivity index (χ0v) is 15.2. The summed E-state index contributed by atoms with van der Waals surface area (Å²) in [4.78, 5) is 17.2. The van der Waals surface area contributed by atoms with Crippen molar-refractivity contribution in [2.75, 3.05) is 5.73 Å². The van der Waals surface area contributed by atoms with Crippen LogP contribution in [0, 0.1) is 0 Å². The fourth-order valence-corrected chi connectivity index (χ4v) is 3.64. The summed E-state index contributed by atoms with van der Waals surface area (Å²) in [6.45, 7) is 0. The molecule has 11 heteroatoms. The monoisotopic (exact) mass is 406 g/mol. The Bertz CT molecular complexity index is 1220. The molecule has 28 heavy (non-hydrogen) atoms. The summed E-state index contributed by atoms with van der Waals surface area (Å²) in [5.41, 5.74) is 6.04. The molecule has 0 radical (unpaired) electrons. The summed E-state index contributed by atoms with van der Waals surface area (Å²) in [5.74, 6) is 0.241. The van der Waals surface area contributed by atoms with Crippen molar-refractivity contribution in [2.45, 2.75) is 11.1 Å². The van der Waals surface area contributed by atoms with Crippen molar-refractivity contribution >= 4 is 28.5 Å². The van der Waals surface area contributed by atoms with Gasteiger partial charge in [-0.05, 0) is 24.3 Å². The highest BCUT2D eigenvalue weighted by molar-refractivity contribution is 7.98. The van der Waals surface area contributed by atoms with E-state index in [1.165, 1.54) is 22.8 Å². The Morgan fingerprint density at radius 3 is 2.57 bits per heavy atom. The van der Waals surface area contributed by atoms with Crippen LogP contribution in [0.1, 0.15) is 5.56 Å². The number of nitrogen functional groups attached to an aromatic ring is 1. The van der Waals surface area contributed by atoms with E-state index in [9.17, 15) is 18.0 Å². The second kappa shape index (κ2) is 6.44. The van der Waals surface area contributed by atoms with Crippen molar-refractivity contribution in [2.24, 2.45) is 7.05 Å². The number of fused-ring (bicyclic) bond motifs is 1. The second-order valence-electron chi connectivity index (χ2n) is 5.96. The van der Waals surface area contributed by atoms with Crippen molar-refractivity contribution < 1.29 is 13.2 Å². The summed E-state index contributed by atoms with van der Waals surface area (Å²) in [7, 11) is 1.62. The van der Waals surface area contributed by atoms with E-state index < -0.39 is 11.7 Å². The van der Waals surface area contributed by atoms with E-state index in [4.69, 9.17) is 5.73 Å². The number of nitrogens with zero attached hydrogens (tertiary/aromatic N) is 5. The van der Waals surface area contributed by atoms with Gasteiger partial charge in [0.1, 0.15) is 5.52 Å². The second-order valence-corrected chi connectivity index (χ2v) is 6.96. The Balaban J connectivity index is 1.66. The molecule has 4 aromatic rings. The van der Waals surface area contributed by atoms with Crippen molar-refractivity contribution in [3.05, 3.63) is 64.8 Å². The van der Waals surface area contributed by atoms with Crippen LogP contribution in [0.15, 0.2) is 58.6 Å². The van der Waals surface area contributed by atoms with Crippen LogP contribution in [0.4, 0.5) is 18.9 Å². The quantitative estimate of drug-likeness (QED) is 0.529. The van der Waals surface area contributed by atoms with Gasteiger partial charge >= 0.3 is 6.18 Å². The molecule has 0 aliphatic rings. The van der Waals surface area contributed by atoms with Crippen LogP contribution in [0.3, 0.4) is 0 Å². The molecule has 3 aromatic heterocycles. The minimum atomic E-state index is -4.46. The molecule has 0 saturated carbocycles. The molecule has 0 spiro atoms. The third kappa shape index (κ3) is 3.03. The highest BCUT2D eigenvalue weighted by atomic mass is 32.2. The van der Waals surface area contributed by atoms with Crippen LogP contribution >= 0.6 is 11.9 Å². The molecule has 0 fully saturated rings. The fraction of sp³-hybridized carbons (Fsp3) is 0.118. The van der Waals surface area contributed by atoms with Crippen LogP contribution in [0.5, 0.6) is 0 Å². The van der Waals surface area contributed by atoms with Gasteiger partial charge in [0.25, 0.3) is 5.56 Å². The summed E-state index contributed by atoms with van der Waals surface area (Å²) < 4.78 is 42.3. The predicted molar refractivity (Wildman–Crippen MR) is 99.2 cm³/mol. The number of aromatic nitrogens is 5. The number of para-hydroxylation sites is 1. The summed E-state index contributed by atoms with van der Waals surface area (Å²) in [6.07, 6.45) is -1.35. The number of hydrogen-bond acceptors (Lipinski definition) is 5. The number of anilines is 1. The molecule has 3 heterocycles. The summed E-state index contributed by atoms with van der Waals surface area (Å²) >= 11 is 1.22. The lowest BCUT2D eigenvalue weighted by atomic mass is 10.2. The minimum absolute atomic E-state index is 0.185. The number of benzene rings is 1. The molecule has 4 rings (SSSR count). The number of hydrogen-bond donors (Lipinski definition) is 1. The standard InChI is InChI=1S/C17H13F3N6OS/c1-24-16(27)12-3-2-4-13(21)15(12)26(24)28-11-5-6-14(22-8-11)25-9-10(7-23-25)17(18,19)20/h2-9H,21H2,1H3. The molecular formula is C17H13F3N6OS. The molecule has 0 bridgehead atoms. The Morgan fingerprint density at radius 1 is 1.14 bits per heavy atom.